The maximum Gasteiger partial charge on any atom is 0.161 e. The van der Waals surface area contributed by atoms with Gasteiger partial charge in [0.15, 0.2) is 5.75 Å². The number of hydrogen-bond donors (Lipinski definition) is 1. The van der Waals surface area contributed by atoms with Crippen molar-refractivity contribution in [2.75, 3.05) is 27.4 Å². The summed E-state index contributed by atoms with van der Waals surface area (Å²) in [6.07, 6.45) is 4.02. The second-order valence-electron chi connectivity index (χ2n) is 5.44. The van der Waals surface area contributed by atoms with Gasteiger partial charge in [-0.25, -0.2) is 0 Å². The Bertz CT molecular complexity index is 397. The zero-order chi connectivity index (χ0) is 13.8. The zero-order valence-electron chi connectivity index (χ0n) is 12.3. The number of rotatable bonds is 6. The quantitative estimate of drug-likeness (QED) is 0.858. The summed E-state index contributed by atoms with van der Waals surface area (Å²) < 4.78 is 13.0. The summed E-state index contributed by atoms with van der Waals surface area (Å²) in [4.78, 5) is 0. The molecule has 1 aliphatic rings. The van der Waals surface area contributed by atoms with Gasteiger partial charge in [0.2, 0.25) is 0 Å². The van der Waals surface area contributed by atoms with E-state index in [9.17, 15) is 0 Å². The summed E-state index contributed by atoms with van der Waals surface area (Å²) >= 11 is 0. The van der Waals surface area contributed by atoms with Gasteiger partial charge in [-0.3, -0.25) is 4.68 Å². The van der Waals surface area contributed by atoms with Crippen molar-refractivity contribution in [3.63, 3.8) is 0 Å². The number of nitrogens with zero attached hydrogens (tertiary/aromatic N) is 2. The fourth-order valence-corrected chi connectivity index (χ4v) is 2.72. The smallest absolute Gasteiger partial charge is 0.161 e. The number of nitrogens with one attached hydrogen (secondary N) is 1. The van der Waals surface area contributed by atoms with Gasteiger partial charge in [0, 0.05) is 19.3 Å². The molecule has 19 heavy (non-hydrogen) atoms. The maximum atomic E-state index is 5.47. The normalized spacial score (nSPS) is 21.0. The number of methoxy groups -OCH3 is 1. The van der Waals surface area contributed by atoms with Crippen LogP contribution >= 0.6 is 0 Å². The Morgan fingerprint density at radius 2 is 2.37 bits per heavy atom. The fraction of sp³-hybridized carbons (Fsp3) is 0.786. The van der Waals surface area contributed by atoms with Gasteiger partial charge in [-0.05, 0) is 39.7 Å². The van der Waals surface area contributed by atoms with Gasteiger partial charge in [-0.1, -0.05) is 0 Å². The molecule has 0 bridgehead atoms. The van der Waals surface area contributed by atoms with Crippen LogP contribution in [0.4, 0.5) is 0 Å². The van der Waals surface area contributed by atoms with E-state index in [0.29, 0.717) is 12.0 Å². The molecule has 0 radical (unpaired) electrons. The Balaban J connectivity index is 2.22. The summed E-state index contributed by atoms with van der Waals surface area (Å²) in [7, 11) is 3.70. The molecule has 2 atom stereocenters. The van der Waals surface area contributed by atoms with Crippen molar-refractivity contribution in [1.82, 2.24) is 15.1 Å². The van der Waals surface area contributed by atoms with Crippen molar-refractivity contribution in [2.45, 2.75) is 38.8 Å². The first-order valence-corrected chi connectivity index (χ1v) is 7.03. The molecular weight excluding hydrogens is 242 g/mol. The third kappa shape index (κ3) is 3.09. The lowest BCUT2D eigenvalue weighted by atomic mass is 9.96. The second kappa shape index (κ2) is 6.39. The minimum Gasteiger partial charge on any atom is -0.493 e. The van der Waals surface area contributed by atoms with Crippen LogP contribution in [0.15, 0.2) is 6.20 Å². The Hall–Kier alpha value is -1.07. The van der Waals surface area contributed by atoms with Crippen LogP contribution in [0.1, 0.15) is 44.5 Å². The summed E-state index contributed by atoms with van der Waals surface area (Å²) in [5, 5.41) is 7.86. The molecular formula is C14H25N3O2. The Kier molecular flexibility index (Phi) is 4.82. The Labute approximate surface area is 115 Å². The van der Waals surface area contributed by atoms with E-state index in [2.05, 4.69) is 28.9 Å². The Morgan fingerprint density at radius 1 is 1.58 bits per heavy atom. The van der Waals surface area contributed by atoms with Crippen molar-refractivity contribution in [2.24, 2.45) is 5.92 Å². The fourth-order valence-electron chi connectivity index (χ4n) is 2.72. The van der Waals surface area contributed by atoms with E-state index in [0.717, 1.165) is 37.5 Å². The van der Waals surface area contributed by atoms with Crippen molar-refractivity contribution < 1.29 is 9.47 Å². The van der Waals surface area contributed by atoms with Crippen molar-refractivity contribution in [3.8, 4) is 5.75 Å². The first-order chi connectivity index (χ1) is 9.17. The first kappa shape index (κ1) is 14.3. The van der Waals surface area contributed by atoms with Crippen molar-refractivity contribution in [3.05, 3.63) is 11.9 Å². The van der Waals surface area contributed by atoms with Gasteiger partial charge in [0.05, 0.1) is 25.0 Å². The van der Waals surface area contributed by atoms with Crippen molar-refractivity contribution in [1.29, 1.82) is 0 Å². The third-order valence-electron chi connectivity index (χ3n) is 3.78. The van der Waals surface area contributed by atoms with E-state index in [-0.39, 0.29) is 6.04 Å². The van der Waals surface area contributed by atoms with Gasteiger partial charge in [0.25, 0.3) is 0 Å². The molecule has 1 aliphatic heterocycles. The molecule has 0 saturated carbocycles. The molecule has 5 heteroatoms. The highest BCUT2D eigenvalue weighted by Crippen LogP contribution is 2.33. The van der Waals surface area contributed by atoms with Crippen LogP contribution in [0.25, 0.3) is 0 Å². The molecule has 1 N–H and O–H groups in total. The molecule has 1 fully saturated rings. The van der Waals surface area contributed by atoms with E-state index in [4.69, 9.17) is 9.47 Å². The summed E-state index contributed by atoms with van der Waals surface area (Å²) in [6, 6.07) is 0.584. The maximum absolute atomic E-state index is 5.47. The van der Waals surface area contributed by atoms with E-state index in [1.54, 1.807) is 7.11 Å². The lowest BCUT2D eigenvalue weighted by Gasteiger charge is -2.23. The standard InChI is InChI=1S/C14H25N3O2/c1-10(2)17-14(13(18-4)8-16-17)12(15-3)7-11-5-6-19-9-11/h8,10-12,15H,5-7,9H2,1-4H3. The number of ether oxygens (including phenoxy) is 2. The Morgan fingerprint density at radius 3 is 2.89 bits per heavy atom. The molecule has 0 aromatic carbocycles. The molecule has 1 saturated heterocycles. The van der Waals surface area contributed by atoms with Gasteiger partial charge in [-0.15, -0.1) is 0 Å². The van der Waals surface area contributed by atoms with Gasteiger partial charge in [-0.2, -0.15) is 5.10 Å². The molecule has 0 spiro atoms. The molecule has 1 aromatic heterocycles. The van der Waals surface area contributed by atoms with Crippen LogP contribution in [-0.4, -0.2) is 37.2 Å². The van der Waals surface area contributed by atoms with E-state index >= 15 is 0 Å². The van der Waals surface area contributed by atoms with Crippen LogP contribution in [0, 0.1) is 5.92 Å². The van der Waals surface area contributed by atoms with Crippen LogP contribution in [0.5, 0.6) is 5.75 Å². The van der Waals surface area contributed by atoms with E-state index in [1.807, 2.05) is 13.2 Å². The minimum atomic E-state index is 0.256. The summed E-state index contributed by atoms with van der Waals surface area (Å²) in [5.74, 6) is 1.49. The SMILES string of the molecule is CNC(CC1CCOC1)c1c(OC)cnn1C(C)C. The molecule has 0 aliphatic carbocycles. The lowest BCUT2D eigenvalue weighted by molar-refractivity contribution is 0.181. The zero-order valence-corrected chi connectivity index (χ0v) is 12.3. The van der Waals surface area contributed by atoms with E-state index < -0.39 is 0 Å². The molecule has 1 aromatic rings. The monoisotopic (exact) mass is 267 g/mol. The highest BCUT2D eigenvalue weighted by atomic mass is 16.5. The second-order valence-corrected chi connectivity index (χ2v) is 5.44. The average molecular weight is 267 g/mol. The molecule has 5 nitrogen and oxygen atoms in total. The number of aromatic nitrogens is 2. The van der Waals surface area contributed by atoms with Gasteiger partial charge in [0.1, 0.15) is 0 Å². The highest BCUT2D eigenvalue weighted by molar-refractivity contribution is 5.29. The molecule has 2 unspecified atom stereocenters. The first-order valence-electron chi connectivity index (χ1n) is 7.03. The van der Waals surface area contributed by atoms with Gasteiger partial charge < -0.3 is 14.8 Å². The average Bonchev–Trinajstić information content (AvgIpc) is 3.04. The van der Waals surface area contributed by atoms with Crippen LogP contribution < -0.4 is 10.1 Å². The van der Waals surface area contributed by atoms with E-state index in [1.165, 1.54) is 0 Å². The minimum absolute atomic E-state index is 0.256. The molecule has 108 valence electrons. The largest absolute Gasteiger partial charge is 0.493 e. The molecule has 2 rings (SSSR count). The predicted molar refractivity (Wildman–Crippen MR) is 74.5 cm³/mol. The molecule has 2 heterocycles. The highest BCUT2D eigenvalue weighted by Gasteiger charge is 2.26. The lowest BCUT2D eigenvalue weighted by Crippen LogP contribution is -2.24. The number of hydrogen-bond acceptors (Lipinski definition) is 4. The van der Waals surface area contributed by atoms with Crippen LogP contribution in [-0.2, 0) is 4.74 Å². The predicted octanol–water partition coefficient (Wildman–Crippen LogP) is 2.16. The van der Waals surface area contributed by atoms with Crippen LogP contribution in [0.3, 0.4) is 0 Å². The van der Waals surface area contributed by atoms with Crippen molar-refractivity contribution >= 4 is 0 Å². The van der Waals surface area contributed by atoms with Crippen LogP contribution in [0.2, 0.25) is 0 Å². The summed E-state index contributed by atoms with van der Waals surface area (Å²) in [6.45, 7) is 6.04. The molecule has 0 amide bonds. The summed E-state index contributed by atoms with van der Waals surface area (Å²) in [5.41, 5.74) is 1.15. The third-order valence-corrected chi connectivity index (χ3v) is 3.78. The van der Waals surface area contributed by atoms with Gasteiger partial charge >= 0.3 is 0 Å². The topological polar surface area (TPSA) is 48.3 Å².